The third-order valence-corrected chi connectivity index (χ3v) is 3.41. The van der Waals surface area contributed by atoms with Crippen LogP contribution in [0.4, 0.5) is 0 Å². The van der Waals surface area contributed by atoms with Gasteiger partial charge in [-0.3, -0.25) is 14.0 Å². The number of thiazole rings is 1. The molecule has 19 heavy (non-hydrogen) atoms. The topological polar surface area (TPSA) is 81.3 Å². The van der Waals surface area contributed by atoms with Crippen LogP contribution in [-0.2, 0) is 0 Å². The van der Waals surface area contributed by atoms with Gasteiger partial charge in [-0.2, -0.15) is 10.1 Å². The fraction of sp³-hybridized carbons (Fsp3) is 0.0909. The van der Waals surface area contributed by atoms with Crippen molar-refractivity contribution in [3.63, 3.8) is 0 Å². The van der Waals surface area contributed by atoms with E-state index in [0.29, 0.717) is 16.5 Å². The second-order valence-corrected chi connectivity index (χ2v) is 4.59. The first-order valence-corrected chi connectivity index (χ1v) is 6.31. The van der Waals surface area contributed by atoms with Crippen LogP contribution in [0.25, 0.3) is 10.8 Å². The van der Waals surface area contributed by atoms with Crippen LogP contribution in [0.3, 0.4) is 0 Å². The van der Waals surface area contributed by atoms with Crippen molar-refractivity contribution >= 4 is 28.5 Å². The Morgan fingerprint density at radius 1 is 1.47 bits per heavy atom. The Morgan fingerprint density at radius 3 is 3.05 bits per heavy atom. The Kier molecular flexibility index (Phi) is 2.64. The fourth-order valence-corrected chi connectivity index (χ4v) is 2.48. The normalized spacial score (nSPS) is 10.8. The summed E-state index contributed by atoms with van der Waals surface area (Å²) in [6.45, 7) is 0. The largest absolute Gasteiger partial charge is 0.354 e. The summed E-state index contributed by atoms with van der Waals surface area (Å²) in [4.78, 5) is 27.7. The monoisotopic (exact) mass is 275 g/mol. The summed E-state index contributed by atoms with van der Waals surface area (Å²) in [5, 5.41) is 8.44. The van der Waals surface area contributed by atoms with Crippen LogP contribution in [0, 0.1) is 0 Å². The molecule has 0 aromatic carbocycles. The zero-order valence-corrected chi connectivity index (χ0v) is 10.7. The first-order chi connectivity index (χ1) is 9.24. The SMILES string of the molecule is CNC(=O)c1ccn(-c2nc3sccn3c2C=O)n1. The molecule has 1 N–H and O–H groups in total. The van der Waals surface area contributed by atoms with E-state index in [1.165, 1.54) is 23.1 Å². The highest BCUT2D eigenvalue weighted by Gasteiger charge is 2.16. The number of hydrogen-bond acceptors (Lipinski definition) is 5. The number of rotatable bonds is 3. The van der Waals surface area contributed by atoms with Gasteiger partial charge in [0.2, 0.25) is 0 Å². The molecule has 0 unspecified atom stereocenters. The van der Waals surface area contributed by atoms with Crippen molar-refractivity contribution in [3.8, 4) is 5.82 Å². The first kappa shape index (κ1) is 11.6. The second-order valence-electron chi connectivity index (χ2n) is 3.72. The minimum absolute atomic E-state index is 0.274. The van der Waals surface area contributed by atoms with Gasteiger partial charge in [0.1, 0.15) is 5.69 Å². The van der Waals surface area contributed by atoms with Crippen molar-refractivity contribution in [3.05, 3.63) is 35.2 Å². The molecule has 0 atom stereocenters. The second kappa shape index (κ2) is 4.32. The van der Waals surface area contributed by atoms with Gasteiger partial charge >= 0.3 is 0 Å². The standard InChI is InChI=1S/C11H9N5O2S/c1-12-10(18)7-2-3-16(14-7)9-8(6-17)15-4-5-19-11(15)13-9/h2-6H,1H3,(H,12,18). The molecule has 3 aromatic heterocycles. The van der Waals surface area contributed by atoms with Crippen LogP contribution in [0.1, 0.15) is 21.0 Å². The zero-order chi connectivity index (χ0) is 13.4. The van der Waals surface area contributed by atoms with E-state index >= 15 is 0 Å². The third kappa shape index (κ3) is 1.73. The molecule has 3 aromatic rings. The minimum atomic E-state index is -0.285. The van der Waals surface area contributed by atoms with Crippen molar-refractivity contribution in [1.82, 2.24) is 24.5 Å². The lowest BCUT2D eigenvalue weighted by Crippen LogP contribution is -2.18. The van der Waals surface area contributed by atoms with E-state index < -0.39 is 0 Å². The molecule has 3 heterocycles. The zero-order valence-electron chi connectivity index (χ0n) is 9.90. The van der Waals surface area contributed by atoms with Crippen molar-refractivity contribution in [2.24, 2.45) is 0 Å². The molecule has 0 saturated heterocycles. The first-order valence-electron chi connectivity index (χ1n) is 5.43. The number of aromatic nitrogens is 4. The molecule has 3 rings (SSSR count). The lowest BCUT2D eigenvalue weighted by atomic mass is 10.4. The summed E-state index contributed by atoms with van der Waals surface area (Å²) in [6, 6.07) is 1.57. The molecule has 8 heteroatoms. The number of fused-ring (bicyclic) bond motifs is 1. The fourth-order valence-electron chi connectivity index (χ4n) is 1.76. The number of nitrogens with one attached hydrogen (secondary N) is 1. The van der Waals surface area contributed by atoms with Gasteiger partial charge in [-0.05, 0) is 6.07 Å². The van der Waals surface area contributed by atoms with Gasteiger partial charge in [0.15, 0.2) is 22.8 Å². The van der Waals surface area contributed by atoms with Gasteiger partial charge in [0, 0.05) is 24.8 Å². The lowest BCUT2D eigenvalue weighted by molar-refractivity contribution is 0.0957. The Labute approximate surface area is 111 Å². The number of nitrogens with zero attached hydrogens (tertiary/aromatic N) is 4. The number of hydrogen-bond donors (Lipinski definition) is 1. The van der Waals surface area contributed by atoms with E-state index in [1.54, 1.807) is 22.9 Å². The van der Waals surface area contributed by atoms with Crippen LogP contribution >= 0.6 is 11.3 Å². The minimum Gasteiger partial charge on any atom is -0.354 e. The Hall–Kier alpha value is -2.48. The summed E-state index contributed by atoms with van der Waals surface area (Å²) in [6.07, 6.45) is 4.09. The quantitative estimate of drug-likeness (QED) is 0.715. The van der Waals surface area contributed by atoms with Crippen molar-refractivity contribution in [2.75, 3.05) is 7.05 Å². The Balaban J connectivity index is 2.13. The molecule has 0 aliphatic carbocycles. The van der Waals surface area contributed by atoms with Gasteiger partial charge in [-0.15, -0.1) is 11.3 Å². The molecule has 0 spiro atoms. The van der Waals surface area contributed by atoms with E-state index in [4.69, 9.17) is 0 Å². The number of aldehydes is 1. The smallest absolute Gasteiger partial charge is 0.271 e. The Morgan fingerprint density at radius 2 is 2.32 bits per heavy atom. The molecule has 0 saturated carbocycles. The third-order valence-electron chi connectivity index (χ3n) is 2.66. The number of carbonyl (C=O) groups is 2. The maximum Gasteiger partial charge on any atom is 0.271 e. The van der Waals surface area contributed by atoms with Crippen LogP contribution in [0.15, 0.2) is 23.8 Å². The van der Waals surface area contributed by atoms with Crippen molar-refractivity contribution in [2.45, 2.75) is 0 Å². The number of carbonyl (C=O) groups excluding carboxylic acids is 2. The molecular formula is C11H9N5O2S. The average molecular weight is 275 g/mol. The highest BCUT2D eigenvalue weighted by molar-refractivity contribution is 7.15. The molecule has 0 bridgehead atoms. The summed E-state index contributed by atoms with van der Waals surface area (Å²) in [7, 11) is 1.53. The van der Waals surface area contributed by atoms with Crippen LogP contribution in [0.5, 0.6) is 0 Å². The predicted octanol–water partition coefficient (Wildman–Crippen LogP) is 0.754. The van der Waals surface area contributed by atoms with Crippen molar-refractivity contribution in [1.29, 1.82) is 0 Å². The molecular weight excluding hydrogens is 266 g/mol. The van der Waals surface area contributed by atoms with Crippen LogP contribution in [-0.4, -0.2) is 38.4 Å². The van der Waals surface area contributed by atoms with Crippen molar-refractivity contribution < 1.29 is 9.59 Å². The summed E-state index contributed by atoms with van der Waals surface area (Å²) in [5.41, 5.74) is 0.679. The molecule has 0 aliphatic rings. The highest BCUT2D eigenvalue weighted by atomic mass is 32.1. The van der Waals surface area contributed by atoms with E-state index in [0.717, 1.165) is 6.29 Å². The molecule has 0 radical (unpaired) electrons. The summed E-state index contributed by atoms with van der Waals surface area (Å²) < 4.78 is 3.11. The van der Waals surface area contributed by atoms with Crippen LogP contribution < -0.4 is 5.32 Å². The summed E-state index contributed by atoms with van der Waals surface area (Å²) in [5.74, 6) is 0.129. The Bertz CT molecular complexity index is 769. The number of amides is 1. The molecule has 7 nitrogen and oxygen atoms in total. The molecule has 1 amide bonds. The maximum absolute atomic E-state index is 11.5. The van der Waals surface area contributed by atoms with Gasteiger partial charge in [0.25, 0.3) is 5.91 Å². The van der Waals surface area contributed by atoms with Gasteiger partial charge < -0.3 is 5.32 Å². The van der Waals surface area contributed by atoms with Gasteiger partial charge in [0.05, 0.1) is 0 Å². The lowest BCUT2D eigenvalue weighted by Gasteiger charge is -1.97. The summed E-state index contributed by atoms with van der Waals surface area (Å²) >= 11 is 1.42. The van der Waals surface area contributed by atoms with E-state index in [9.17, 15) is 9.59 Å². The van der Waals surface area contributed by atoms with E-state index in [2.05, 4.69) is 15.4 Å². The van der Waals surface area contributed by atoms with Crippen LogP contribution in [0.2, 0.25) is 0 Å². The van der Waals surface area contributed by atoms with E-state index in [-0.39, 0.29) is 11.6 Å². The van der Waals surface area contributed by atoms with Gasteiger partial charge in [-0.25, -0.2) is 4.68 Å². The van der Waals surface area contributed by atoms with Gasteiger partial charge in [-0.1, -0.05) is 0 Å². The molecule has 0 fully saturated rings. The highest BCUT2D eigenvalue weighted by Crippen LogP contribution is 2.18. The van der Waals surface area contributed by atoms with E-state index in [1.807, 2.05) is 5.38 Å². The maximum atomic E-state index is 11.5. The number of imidazole rings is 1. The predicted molar refractivity (Wildman–Crippen MR) is 69.0 cm³/mol. The average Bonchev–Trinajstić information content (AvgIpc) is 3.11. The molecule has 96 valence electrons. The molecule has 0 aliphatic heterocycles.